The third-order valence-corrected chi connectivity index (χ3v) is 1.77. The van der Waals surface area contributed by atoms with E-state index in [1.807, 2.05) is 0 Å². The van der Waals surface area contributed by atoms with Gasteiger partial charge in [0.15, 0.2) is 0 Å². The Morgan fingerprint density at radius 3 is 2.33 bits per heavy atom. The van der Waals surface area contributed by atoms with Crippen molar-refractivity contribution in [3.63, 3.8) is 0 Å². The van der Waals surface area contributed by atoms with Crippen LogP contribution in [0.2, 0.25) is 0 Å². The molecule has 0 radical (unpaired) electrons. The summed E-state index contributed by atoms with van der Waals surface area (Å²) in [6.07, 6.45) is 0. The van der Waals surface area contributed by atoms with Gasteiger partial charge in [-0.1, -0.05) is 0 Å². The minimum absolute atomic E-state index is 0.546. The maximum atomic E-state index is 10.5. The smallest absolute Gasteiger partial charge is 0.322 e. The van der Waals surface area contributed by atoms with Gasteiger partial charge in [0.05, 0.1) is 7.11 Å². The normalized spacial score (nSPS) is 16.3. The molecule has 0 aromatic rings. The molecule has 0 heterocycles. The highest BCUT2D eigenvalue weighted by molar-refractivity contribution is 7.84. The first-order valence-corrected chi connectivity index (χ1v) is 3.60. The van der Waals surface area contributed by atoms with E-state index in [-0.39, 0.29) is 0 Å². The van der Waals surface area contributed by atoms with Gasteiger partial charge >= 0.3 is 5.97 Å². The molecule has 0 aliphatic heterocycles. The van der Waals surface area contributed by atoms with Gasteiger partial charge in [-0.15, -0.1) is 0 Å². The van der Waals surface area contributed by atoms with Crippen LogP contribution in [0.4, 0.5) is 0 Å². The van der Waals surface area contributed by atoms with Crippen molar-refractivity contribution in [2.24, 2.45) is 5.14 Å². The van der Waals surface area contributed by atoms with Crippen molar-refractivity contribution in [1.82, 2.24) is 0 Å². The molecule has 0 aliphatic rings. The zero-order valence-electron chi connectivity index (χ0n) is 5.29. The first-order valence-electron chi connectivity index (χ1n) is 2.32. The molecule has 0 saturated heterocycles. The summed E-state index contributed by atoms with van der Waals surface area (Å²) in [4.78, 5) is 10.5. The van der Waals surface area contributed by atoms with Gasteiger partial charge in [-0.2, -0.15) is 0 Å². The number of ether oxygens (including phenoxy) is 1. The second kappa shape index (κ2) is 3.58. The molecule has 4 nitrogen and oxygen atoms in total. The van der Waals surface area contributed by atoms with Crippen LogP contribution in [-0.2, 0) is 20.5 Å². The van der Waals surface area contributed by atoms with Crippen molar-refractivity contribution in [1.29, 1.82) is 0 Å². The van der Waals surface area contributed by atoms with Crippen LogP contribution in [0.3, 0.4) is 0 Å². The highest BCUT2D eigenvalue weighted by atomic mass is 32.2. The Hall–Kier alpha value is -0.420. The van der Waals surface area contributed by atoms with Crippen LogP contribution in [-0.4, -0.2) is 22.5 Å². The Morgan fingerprint density at radius 2 is 2.22 bits per heavy atom. The molecule has 0 amide bonds. The molecule has 2 atom stereocenters. The van der Waals surface area contributed by atoms with Crippen molar-refractivity contribution in [2.75, 3.05) is 7.11 Å². The van der Waals surface area contributed by atoms with Gasteiger partial charge in [0.1, 0.15) is 16.2 Å². The molecule has 2 unspecified atom stereocenters. The average Bonchev–Trinajstić information content (AvgIpc) is 1.84. The Kier molecular flexibility index (Phi) is 3.41. The molecule has 54 valence electrons. The maximum Gasteiger partial charge on any atom is 0.322 e. The van der Waals surface area contributed by atoms with Crippen LogP contribution < -0.4 is 5.14 Å². The van der Waals surface area contributed by atoms with Crippen LogP contribution in [0.15, 0.2) is 0 Å². The largest absolute Gasteiger partial charge is 0.468 e. The maximum absolute atomic E-state index is 10.5. The molecule has 5 heteroatoms. The second-order valence-corrected chi connectivity index (χ2v) is 2.86. The average molecular weight is 151 g/mol. The summed E-state index contributed by atoms with van der Waals surface area (Å²) in [7, 11) is -0.387. The van der Waals surface area contributed by atoms with Gasteiger partial charge < -0.3 is 4.74 Å². The van der Waals surface area contributed by atoms with Crippen LogP contribution in [0, 0.1) is 0 Å². The highest BCUT2D eigenvalue weighted by Crippen LogP contribution is 1.91. The van der Waals surface area contributed by atoms with E-state index in [9.17, 15) is 9.00 Å². The molecule has 0 rings (SSSR count). The first kappa shape index (κ1) is 8.58. The van der Waals surface area contributed by atoms with Gasteiger partial charge in [0.25, 0.3) is 0 Å². The molecular formula is C4H9NO3S. The van der Waals surface area contributed by atoms with E-state index in [0.29, 0.717) is 0 Å². The lowest BCUT2D eigenvalue weighted by molar-refractivity contribution is -0.139. The van der Waals surface area contributed by atoms with Crippen molar-refractivity contribution in [3.05, 3.63) is 0 Å². The van der Waals surface area contributed by atoms with E-state index < -0.39 is 22.2 Å². The number of carbonyl (C=O) groups is 1. The topological polar surface area (TPSA) is 69.4 Å². The monoisotopic (exact) mass is 151 g/mol. The molecule has 0 fully saturated rings. The van der Waals surface area contributed by atoms with Gasteiger partial charge in [0.2, 0.25) is 0 Å². The summed E-state index contributed by atoms with van der Waals surface area (Å²) in [5, 5.41) is 4.16. The first-order chi connectivity index (χ1) is 4.09. The summed E-state index contributed by atoms with van der Waals surface area (Å²) in [6, 6.07) is 0. The molecule has 9 heavy (non-hydrogen) atoms. The molecule has 2 N–H and O–H groups in total. The van der Waals surface area contributed by atoms with Crippen LogP contribution >= 0.6 is 0 Å². The lowest BCUT2D eigenvalue weighted by atomic mass is 10.5. The molecule has 0 aromatic heterocycles. The summed E-state index contributed by atoms with van der Waals surface area (Å²) in [5.74, 6) is -0.546. The molecule has 0 bridgehead atoms. The van der Waals surface area contributed by atoms with Gasteiger partial charge in [-0.05, 0) is 6.92 Å². The van der Waals surface area contributed by atoms with Crippen LogP contribution in [0.1, 0.15) is 6.92 Å². The van der Waals surface area contributed by atoms with Crippen molar-refractivity contribution in [2.45, 2.75) is 12.2 Å². The number of methoxy groups -OCH3 is 1. The Balaban J connectivity index is 3.88. The van der Waals surface area contributed by atoms with E-state index in [0.717, 1.165) is 0 Å². The van der Waals surface area contributed by atoms with Crippen LogP contribution in [0.25, 0.3) is 0 Å². The standard InChI is InChI=1S/C4H9NO3S/c1-3(9(5)7)4(6)8-2/h3H,5H2,1-2H3. The molecule has 0 aliphatic carbocycles. The van der Waals surface area contributed by atoms with Crippen LogP contribution in [0.5, 0.6) is 0 Å². The summed E-state index contributed by atoms with van der Waals surface area (Å²) in [5.41, 5.74) is 0. The van der Waals surface area contributed by atoms with Crippen molar-refractivity contribution in [3.8, 4) is 0 Å². The fraction of sp³-hybridized carbons (Fsp3) is 0.750. The predicted molar refractivity (Wildman–Crippen MR) is 33.8 cm³/mol. The summed E-state index contributed by atoms with van der Waals surface area (Å²) < 4.78 is 14.6. The van der Waals surface area contributed by atoms with E-state index in [1.54, 1.807) is 0 Å². The SMILES string of the molecule is COC(=O)C(C)S(N)=O. The molecular weight excluding hydrogens is 142 g/mol. The lowest BCUT2D eigenvalue weighted by Crippen LogP contribution is -2.28. The Labute approximate surface area is 56.0 Å². The number of hydrogen-bond acceptors (Lipinski definition) is 3. The molecule has 0 saturated carbocycles. The van der Waals surface area contributed by atoms with E-state index in [1.165, 1.54) is 14.0 Å². The highest BCUT2D eigenvalue weighted by Gasteiger charge is 2.16. The quantitative estimate of drug-likeness (QED) is 0.524. The number of carbonyl (C=O) groups excluding carboxylic acids is 1. The Bertz CT molecular complexity index is 136. The summed E-state index contributed by atoms with van der Waals surface area (Å²) in [6.45, 7) is 1.45. The fourth-order valence-electron chi connectivity index (χ4n) is 0.261. The van der Waals surface area contributed by atoms with E-state index in [2.05, 4.69) is 4.74 Å². The van der Waals surface area contributed by atoms with Crippen molar-refractivity contribution >= 4 is 17.0 Å². The molecule has 0 aromatic carbocycles. The summed E-state index contributed by atoms with van der Waals surface area (Å²) >= 11 is 0. The minimum atomic E-state index is -1.61. The number of nitrogens with two attached hydrogens (primary N) is 1. The fourth-order valence-corrected chi connectivity index (χ4v) is 0.547. The van der Waals surface area contributed by atoms with Gasteiger partial charge in [-0.25, -0.2) is 4.21 Å². The zero-order chi connectivity index (χ0) is 7.44. The Morgan fingerprint density at radius 1 is 1.78 bits per heavy atom. The third kappa shape index (κ3) is 2.57. The van der Waals surface area contributed by atoms with Gasteiger partial charge in [0, 0.05) is 0 Å². The van der Waals surface area contributed by atoms with Crippen molar-refractivity contribution < 1.29 is 13.7 Å². The number of esters is 1. The zero-order valence-corrected chi connectivity index (χ0v) is 6.10. The predicted octanol–water partition coefficient (Wildman–Crippen LogP) is -0.830. The molecule has 0 spiro atoms. The van der Waals surface area contributed by atoms with E-state index in [4.69, 9.17) is 5.14 Å². The third-order valence-electron chi connectivity index (χ3n) is 0.882. The lowest BCUT2D eigenvalue weighted by Gasteiger charge is -2.02. The second-order valence-electron chi connectivity index (χ2n) is 1.49. The van der Waals surface area contributed by atoms with Gasteiger partial charge in [-0.3, -0.25) is 9.93 Å². The number of rotatable bonds is 2. The minimum Gasteiger partial charge on any atom is -0.468 e. The van der Waals surface area contributed by atoms with E-state index >= 15 is 0 Å². The number of hydrogen-bond donors (Lipinski definition) is 1.